The van der Waals surface area contributed by atoms with Gasteiger partial charge in [0.1, 0.15) is 5.82 Å². The Morgan fingerprint density at radius 2 is 1.81 bits per heavy atom. The van der Waals surface area contributed by atoms with E-state index in [1.54, 1.807) is 17.0 Å². The van der Waals surface area contributed by atoms with E-state index < -0.39 is 17.7 Å². The zero-order valence-electron chi connectivity index (χ0n) is 11.7. The molecule has 2 nitrogen and oxygen atoms in total. The average Bonchev–Trinajstić information content (AvgIpc) is 2.48. The summed E-state index contributed by atoms with van der Waals surface area (Å²) in [6.07, 6.45) is 0. The first-order valence-electron chi connectivity index (χ1n) is 6.74. The molecule has 0 spiro atoms. The van der Waals surface area contributed by atoms with Crippen LogP contribution in [0.5, 0.6) is 0 Å². The van der Waals surface area contributed by atoms with Crippen LogP contribution in [-0.2, 0) is 0 Å². The molecule has 21 heavy (non-hydrogen) atoms. The number of nitrogens with two attached hydrogens (primary N) is 1. The van der Waals surface area contributed by atoms with Gasteiger partial charge in [0.25, 0.3) is 0 Å². The minimum atomic E-state index is -0.916. The van der Waals surface area contributed by atoms with Crippen molar-refractivity contribution in [2.24, 2.45) is 5.73 Å². The number of likely N-dealkylation sites (N-methyl/N-ethyl adjacent to an activating group) is 1. The Balaban J connectivity index is 2.45. The normalized spacial score (nSPS) is 12.2. The van der Waals surface area contributed by atoms with Gasteiger partial charge in [0.05, 0.1) is 6.04 Å². The van der Waals surface area contributed by atoms with Crippen LogP contribution in [-0.4, -0.2) is 13.1 Å². The molecule has 0 amide bonds. The van der Waals surface area contributed by atoms with Crippen LogP contribution in [0.15, 0.2) is 42.5 Å². The molecule has 2 N–H and O–H groups in total. The maximum atomic E-state index is 14.0. The van der Waals surface area contributed by atoms with E-state index in [0.717, 1.165) is 6.07 Å². The zero-order valence-corrected chi connectivity index (χ0v) is 11.7. The molecule has 0 heterocycles. The van der Waals surface area contributed by atoms with Gasteiger partial charge in [-0.1, -0.05) is 18.2 Å². The van der Waals surface area contributed by atoms with Crippen LogP contribution >= 0.6 is 0 Å². The lowest BCUT2D eigenvalue weighted by molar-refractivity contribution is 0.483. The second-order valence-corrected chi connectivity index (χ2v) is 4.66. The summed E-state index contributed by atoms with van der Waals surface area (Å²) < 4.78 is 40.8. The van der Waals surface area contributed by atoms with Crippen molar-refractivity contribution < 1.29 is 13.2 Å². The van der Waals surface area contributed by atoms with Gasteiger partial charge in [0.15, 0.2) is 11.6 Å². The van der Waals surface area contributed by atoms with Gasteiger partial charge in [-0.05, 0) is 31.2 Å². The van der Waals surface area contributed by atoms with Crippen molar-refractivity contribution >= 4 is 5.69 Å². The van der Waals surface area contributed by atoms with E-state index in [2.05, 4.69) is 0 Å². The van der Waals surface area contributed by atoms with Gasteiger partial charge in [-0.15, -0.1) is 0 Å². The number of hydrogen-bond acceptors (Lipinski definition) is 2. The first kappa shape index (κ1) is 15.4. The van der Waals surface area contributed by atoms with Crippen LogP contribution in [0.4, 0.5) is 18.9 Å². The van der Waals surface area contributed by atoms with E-state index in [1.807, 2.05) is 6.92 Å². The molecule has 112 valence electrons. The van der Waals surface area contributed by atoms with Crippen molar-refractivity contribution in [3.8, 4) is 0 Å². The van der Waals surface area contributed by atoms with Crippen molar-refractivity contribution in [2.45, 2.75) is 13.0 Å². The van der Waals surface area contributed by atoms with Crippen LogP contribution in [0.1, 0.15) is 18.5 Å². The molecule has 0 aromatic heterocycles. The number of benzene rings is 2. The fraction of sp³-hybridized carbons (Fsp3) is 0.250. The summed E-state index contributed by atoms with van der Waals surface area (Å²) in [6.45, 7) is 2.43. The number of anilines is 1. The van der Waals surface area contributed by atoms with Crippen LogP contribution in [0.2, 0.25) is 0 Å². The fourth-order valence-electron chi connectivity index (χ4n) is 2.44. The molecule has 2 aromatic carbocycles. The zero-order chi connectivity index (χ0) is 15.4. The standard InChI is InChI=1S/C16H17F3N2/c1-2-21(12-6-3-5-11(17)9-12)15(10-20)13-7-4-8-14(18)16(13)19/h3-9,15H,2,10,20H2,1H3. The topological polar surface area (TPSA) is 29.3 Å². The summed E-state index contributed by atoms with van der Waals surface area (Å²) in [7, 11) is 0. The van der Waals surface area contributed by atoms with E-state index in [0.29, 0.717) is 12.2 Å². The Labute approximate surface area is 122 Å². The molecule has 0 radical (unpaired) electrons. The first-order valence-corrected chi connectivity index (χ1v) is 6.74. The molecule has 2 aromatic rings. The van der Waals surface area contributed by atoms with Gasteiger partial charge in [-0.2, -0.15) is 0 Å². The molecular formula is C16H17F3N2. The van der Waals surface area contributed by atoms with Crippen LogP contribution in [0.25, 0.3) is 0 Å². The third-order valence-corrected chi connectivity index (χ3v) is 3.42. The quantitative estimate of drug-likeness (QED) is 0.912. The van der Waals surface area contributed by atoms with Crippen molar-refractivity contribution in [1.29, 1.82) is 0 Å². The SMILES string of the molecule is CCN(c1cccc(F)c1)C(CN)c1cccc(F)c1F. The number of nitrogens with zero attached hydrogens (tertiary/aromatic N) is 1. The molecule has 2 rings (SSSR count). The van der Waals surface area contributed by atoms with Crippen LogP contribution in [0.3, 0.4) is 0 Å². The summed E-state index contributed by atoms with van der Waals surface area (Å²) in [5, 5.41) is 0. The molecule has 0 fully saturated rings. The largest absolute Gasteiger partial charge is 0.363 e. The summed E-state index contributed by atoms with van der Waals surface area (Å²) in [5.41, 5.74) is 6.50. The summed E-state index contributed by atoms with van der Waals surface area (Å²) >= 11 is 0. The molecule has 0 saturated carbocycles. The summed E-state index contributed by atoms with van der Waals surface area (Å²) in [5.74, 6) is -2.22. The van der Waals surface area contributed by atoms with Gasteiger partial charge in [0.2, 0.25) is 0 Å². The lowest BCUT2D eigenvalue weighted by Crippen LogP contribution is -2.34. The lowest BCUT2D eigenvalue weighted by atomic mass is 10.0. The van der Waals surface area contributed by atoms with Crippen molar-refractivity contribution in [2.75, 3.05) is 18.0 Å². The van der Waals surface area contributed by atoms with Crippen molar-refractivity contribution in [3.63, 3.8) is 0 Å². The molecule has 0 aliphatic carbocycles. The third kappa shape index (κ3) is 3.19. The highest BCUT2D eigenvalue weighted by molar-refractivity contribution is 5.49. The number of rotatable bonds is 5. The summed E-state index contributed by atoms with van der Waals surface area (Å²) in [6, 6.07) is 9.40. The van der Waals surface area contributed by atoms with E-state index in [1.165, 1.54) is 24.3 Å². The van der Waals surface area contributed by atoms with Crippen molar-refractivity contribution in [3.05, 3.63) is 65.5 Å². The number of halogens is 3. The predicted octanol–water partition coefficient (Wildman–Crippen LogP) is 3.63. The fourth-order valence-corrected chi connectivity index (χ4v) is 2.44. The minimum Gasteiger partial charge on any atom is -0.363 e. The lowest BCUT2D eigenvalue weighted by Gasteiger charge is -2.32. The highest BCUT2D eigenvalue weighted by Crippen LogP contribution is 2.29. The highest BCUT2D eigenvalue weighted by atomic mass is 19.2. The third-order valence-electron chi connectivity index (χ3n) is 3.42. The number of hydrogen-bond donors (Lipinski definition) is 1. The maximum absolute atomic E-state index is 14.0. The minimum absolute atomic E-state index is 0.0880. The molecule has 0 aliphatic rings. The Hall–Kier alpha value is -2.01. The Kier molecular flexibility index (Phi) is 4.85. The van der Waals surface area contributed by atoms with E-state index in [4.69, 9.17) is 5.73 Å². The molecule has 5 heteroatoms. The molecule has 0 aliphatic heterocycles. The van der Waals surface area contributed by atoms with Gasteiger partial charge in [-0.3, -0.25) is 0 Å². The predicted molar refractivity (Wildman–Crippen MR) is 77.6 cm³/mol. The van der Waals surface area contributed by atoms with E-state index >= 15 is 0 Å². The van der Waals surface area contributed by atoms with Gasteiger partial charge >= 0.3 is 0 Å². The van der Waals surface area contributed by atoms with E-state index in [9.17, 15) is 13.2 Å². The average molecular weight is 294 g/mol. The van der Waals surface area contributed by atoms with E-state index in [-0.39, 0.29) is 17.9 Å². The molecular weight excluding hydrogens is 277 g/mol. The van der Waals surface area contributed by atoms with Crippen molar-refractivity contribution in [1.82, 2.24) is 0 Å². The van der Waals surface area contributed by atoms with Crippen LogP contribution < -0.4 is 10.6 Å². The smallest absolute Gasteiger partial charge is 0.164 e. The Morgan fingerprint density at radius 3 is 2.43 bits per heavy atom. The van der Waals surface area contributed by atoms with Gasteiger partial charge in [0, 0.05) is 24.3 Å². The second kappa shape index (κ2) is 6.63. The van der Waals surface area contributed by atoms with Crippen LogP contribution in [0, 0.1) is 17.5 Å². The maximum Gasteiger partial charge on any atom is 0.164 e. The Morgan fingerprint density at radius 1 is 1.10 bits per heavy atom. The monoisotopic (exact) mass is 294 g/mol. The molecule has 0 bridgehead atoms. The van der Waals surface area contributed by atoms with Gasteiger partial charge < -0.3 is 10.6 Å². The highest BCUT2D eigenvalue weighted by Gasteiger charge is 2.23. The Bertz CT molecular complexity index is 616. The molecule has 1 unspecified atom stereocenters. The van der Waals surface area contributed by atoms with Gasteiger partial charge in [-0.25, -0.2) is 13.2 Å². The first-order chi connectivity index (χ1) is 10.1. The summed E-state index contributed by atoms with van der Waals surface area (Å²) in [4.78, 5) is 1.75. The molecule has 1 atom stereocenters. The molecule has 0 saturated heterocycles. The second-order valence-electron chi connectivity index (χ2n) is 4.66.